The Balaban J connectivity index is 1.52. The summed E-state index contributed by atoms with van der Waals surface area (Å²) < 4.78 is 0.998. The van der Waals surface area contributed by atoms with Crippen molar-refractivity contribution in [2.24, 2.45) is 0 Å². The van der Waals surface area contributed by atoms with Gasteiger partial charge in [0, 0.05) is 12.3 Å². The number of aryl methyl sites for hydroxylation is 2. The van der Waals surface area contributed by atoms with Crippen molar-refractivity contribution in [2.45, 2.75) is 30.5 Å². The Kier molecular flexibility index (Phi) is 5.31. The maximum Gasteiger partial charge on any atom is 0.206 e. The fraction of sp³-hybridized carbons (Fsp3) is 0.222. The van der Waals surface area contributed by atoms with E-state index in [9.17, 15) is 0 Å². The van der Waals surface area contributed by atoms with Gasteiger partial charge in [-0.1, -0.05) is 82.8 Å². The lowest BCUT2D eigenvalue weighted by Gasteiger charge is -2.03. The van der Waals surface area contributed by atoms with Gasteiger partial charge in [0.25, 0.3) is 0 Å². The van der Waals surface area contributed by atoms with Crippen molar-refractivity contribution in [1.82, 2.24) is 10.2 Å². The highest BCUT2D eigenvalue weighted by atomic mass is 32.2. The SMILES string of the molecule is Cc1ccc(CSc2nnc(NCc3cccc(C)c3)s2)cc1. The number of rotatable bonds is 6. The first kappa shape index (κ1) is 16.0. The molecule has 3 nitrogen and oxygen atoms in total. The normalized spacial score (nSPS) is 10.7. The summed E-state index contributed by atoms with van der Waals surface area (Å²) in [6.45, 7) is 4.99. The molecule has 0 saturated heterocycles. The Morgan fingerprint density at radius 1 is 0.957 bits per heavy atom. The molecule has 0 bridgehead atoms. The van der Waals surface area contributed by atoms with Crippen LogP contribution in [0.3, 0.4) is 0 Å². The van der Waals surface area contributed by atoms with E-state index in [0.29, 0.717) is 0 Å². The van der Waals surface area contributed by atoms with E-state index in [1.807, 2.05) is 0 Å². The summed E-state index contributed by atoms with van der Waals surface area (Å²) in [4.78, 5) is 0. The topological polar surface area (TPSA) is 37.8 Å². The molecule has 0 aliphatic rings. The van der Waals surface area contributed by atoms with E-state index in [2.05, 4.69) is 77.9 Å². The largest absolute Gasteiger partial charge is 0.356 e. The lowest BCUT2D eigenvalue weighted by molar-refractivity contribution is 0.994. The number of nitrogens with zero attached hydrogens (tertiary/aromatic N) is 2. The van der Waals surface area contributed by atoms with E-state index < -0.39 is 0 Å². The molecule has 3 rings (SSSR count). The third kappa shape index (κ3) is 4.81. The van der Waals surface area contributed by atoms with Gasteiger partial charge >= 0.3 is 0 Å². The molecule has 0 aliphatic carbocycles. The number of anilines is 1. The highest BCUT2D eigenvalue weighted by Gasteiger charge is 2.05. The molecular weight excluding hydrogens is 322 g/mol. The highest BCUT2D eigenvalue weighted by Crippen LogP contribution is 2.28. The Morgan fingerprint density at radius 2 is 1.78 bits per heavy atom. The van der Waals surface area contributed by atoms with E-state index in [1.54, 1.807) is 23.1 Å². The monoisotopic (exact) mass is 341 g/mol. The Bertz CT molecular complexity index is 766. The lowest BCUT2D eigenvalue weighted by atomic mass is 10.1. The van der Waals surface area contributed by atoms with Crippen LogP contribution in [0, 0.1) is 13.8 Å². The van der Waals surface area contributed by atoms with Gasteiger partial charge in [0.15, 0.2) is 4.34 Å². The third-order valence-corrected chi connectivity index (χ3v) is 5.50. The molecule has 0 radical (unpaired) electrons. The second-order valence-electron chi connectivity index (χ2n) is 5.49. The van der Waals surface area contributed by atoms with Crippen LogP contribution >= 0.6 is 23.1 Å². The molecule has 3 aromatic rings. The molecule has 0 fully saturated rings. The van der Waals surface area contributed by atoms with Crippen molar-refractivity contribution in [2.75, 3.05) is 5.32 Å². The van der Waals surface area contributed by atoms with Crippen LogP contribution < -0.4 is 5.32 Å². The average Bonchev–Trinajstić information content (AvgIpc) is 3.00. The number of hydrogen-bond donors (Lipinski definition) is 1. The van der Waals surface area contributed by atoms with Crippen molar-refractivity contribution in [3.63, 3.8) is 0 Å². The molecule has 0 unspecified atom stereocenters. The second-order valence-corrected chi connectivity index (χ2v) is 7.69. The molecule has 0 aliphatic heterocycles. The van der Waals surface area contributed by atoms with Gasteiger partial charge in [-0.2, -0.15) is 0 Å². The summed E-state index contributed by atoms with van der Waals surface area (Å²) in [6, 6.07) is 17.1. The van der Waals surface area contributed by atoms with Gasteiger partial charge in [-0.15, -0.1) is 10.2 Å². The standard InChI is InChI=1S/C18H19N3S2/c1-13-6-8-15(9-7-13)12-22-18-21-20-17(23-18)19-11-16-5-3-4-14(2)10-16/h3-10H,11-12H2,1-2H3,(H,19,20). The molecule has 23 heavy (non-hydrogen) atoms. The van der Waals surface area contributed by atoms with Crippen molar-refractivity contribution >= 4 is 28.2 Å². The molecule has 5 heteroatoms. The molecule has 0 atom stereocenters. The first-order valence-corrected chi connectivity index (χ1v) is 9.30. The maximum atomic E-state index is 4.25. The first-order valence-electron chi connectivity index (χ1n) is 7.50. The van der Waals surface area contributed by atoms with Gasteiger partial charge in [0.2, 0.25) is 5.13 Å². The van der Waals surface area contributed by atoms with Crippen molar-refractivity contribution in [3.8, 4) is 0 Å². The minimum absolute atomic E-state index is 0.777. The molecule has 0 amide bonds. The van der Waals surface area contributed by atoms with Crippen LogP contribution in [0.15, 0.2) is 52.9 Å². The molecule has 1 aromatic heterocycles. The molecule has 1 heterocycles. The number of hydrogen-bond acceptors (Lipinski definition) is 5. The summed E-state index contributed by atoms with van der Waals surface area (Å²) in [5, 5.41) is 12.7. The first-order chi connectivity index (χ1) is 11.2. The Morgan fingerprint density at radius 3 is 2.57 bits per heavy atom. The third-order valence-electron chi connectivity index (χ3n) is 3.42. The van der Waals surface area contributed by atoms with Crippen molar-refractivity contribution in [3.05, 3.63) is 70.8 Å². The molecule has 2 aromatic carbocycles. The van der Waals surface area contributed by atoms with E-state index in [1.165, 1.54) is 22.3 Å². The van der Waals surface area contributed by atoms with Crippen molar-refractivity contribution in [1.29, 1.82) is 0 Å². The lowest BCUT2D eigenvalue weighted by Crippen LogP contribution is -1.98. The minimum Gasteiger partial charge on any atom is -0.356 e. The quantitative estimate of drug-likeness (QED) is 0.636. The van der Waals surface area contributed by atoms with Gasteiger partial charge in [-0.25, -0.2) is 0 Å². The molecule has 0 saturated carbocycles. The Labute approximate surface area is 145 Å². The van der Waals surface area contributed by atoms with Crippen LogP contribution in [0.4, 0.5) is 5.13 Å². The number of aromatic nitrogens is 2. The zero-order chi connectivity index (χ0) is 16.1. The predicted molar refractivity (Wildman–Crippen MR) is 99.2 cm³/mol. The van der Waals surface area contributed by atoms with Gasteiger partial charge in [0.05, 0.1) is 0 Å². The van der Waals surface area contributed by atoms with Crippen molar-refractivity contribution < 1.29 is 0 Å². The second kappa shape index (κ2) is 7.62. The van der Waals surface area contributed by atoms with E-state index in [0.717, 1.165) is 21.8 Å². The number of nitrogens with one attached hydrogen (secondary N) is 1. The summed E-state index contributed by atoms with van der Waals surface area (Å²) in [7, 11) is 0. The van der Waals surface area contributed by atoms with Crippen LogP contribution in [0.1, 0.15) is 22.3 Å². The van der Waals surface area contributed by atoms with Crippen LogP contribution in [-0.2, 0) is 12.3 Å². The summed E-state index contributed by atoms with van der Waals surface area (Å²) in [5.74, 6) is 0.923. The van der Waals surface area contributed by atoms with E-state index in [4.69, 9.17) is 0 Å². The minimum atomic E-state index is 0.777. The Hall–Kier alpha value is -1.85. The maximum absolute atomic E-state index is 4.25. The van der Waals surface area contributed by atoms with Gasteiger partial charge < -0.3 is 5.32 Å². The fourth-order valence-corrected chi connectivity index (χ4v) is 3.87. The van der Waals surface area contributed by atoms with E-state index in [-0.39, 0.29) is 0 Å². The zero-order valence-corrected chi connectivity index (χ0v) is 14.9. The van der Waals surface area contributed by atoms with Gasteiger partial charge in [-0.05, 0) is 25.0 Å². The van der Waals surface area contributed by atoms with Crippen LogP contribution in [0.2, 0.25) is 0 Å². The van der Waals surface area contributed by atoms with Crippen LogP contribution in [0.25, 0.3) is 0 Å². The fourth-order valence-electron chi connectivity index (χ4n) is 2.17. The predicted octanol–water partition coefficient (Wildman–Crippen LogP) is 5.06. The molecule has 118 valence electrons. The average molecular weight is 342 g/mol. The van der Waals surface area contributed by atoms with Gasteiger partial charge in [0.1, 0.15) is 0 Å². The molecule has 0 spiro atoms. The summed E-state index contributed by atoms with van der Waals surface area (Å²) in [5.41, 5.74) is 5.13. The zero-order valence-electron chi connectivity index (χ0n) is 13.2. The van der Waals surface area contributed by atoms with E-state index >= 15 is 0 Å². The summed E-state index contributed by atoms with van der Waals surface area (Å²) >= 11 is 3.34. The van der Waals surface area contributed by atoms with Gasteiger partial charge in [-0.3, -0.25) is 0 Å². The number of thioether (sulfide) groups is 1. The summed E-state index contributed by atoms with van der Waals surface area (Å²) in [6.07, 6.45) is 0. The van der Waals surface area contributed by atoms with Crippen LogP contribution in [-0.4, -0.2) is 10.2 Å². The highest BCUT2D eigenvalue weighted by molar-refractivity contribution is 8.00. The molecule has 1 N–H and O–H groups in total. The number of benzene rings is 2. The smallest absolute Gasteiger partial charge is 0.206 e. The van der Waals surface area contributed by atoms with Crippen LogP contribution in [0.5, 0.6) is 0 Å². The molecular formula is C18H19N3S2.